The topological polar surface area (TPSA) is 59.0 Å². The molecule has 20 heavy (non-hydrogen) atoms. The minimum absolute atomic E-state index is 0.0395. The summed E-state index contributed by atoms with van der Waals surface area (Å²) in [7, 11) is 0. The SMILES string of the molecule is N#Cc1oc2ccccc2c1Oc1ncc(Cl)cc1F. The Morgan fingerprint density at radius 1 is 1.35 bits per heavy atom. The molecule has 0 aliphatic rings. The Kier molecular flexibility index (Phi) is 3.01. The van der Waals surface area contributed by atoms with Crippen molar-refractivity contribution in [1.82, 2.24) is 4.98 Å². The molecule has 2 heterocycles. The normalized spacial score (nSPS) is 10.4. The molecule has 0 aliphatic heterocycles. The van der Waals surface area contributed by atoms with Gasteiger partial charge < -0.3 is 9.15 Å². The largest absolute Gasteiger partial charge is 0.442 e. The number of ether oxygens (including phenoxy) is 1. The summed E-state index contributed by atoms with van der Waals surface area (Å²) in [6.07, 6.45) is 1.26. The lowest BCUT2D eigenvalue weighted by Crippen LogP contribution is -1.92. The summed E-state index contributed by atoms with van der Waals surface area (Å²) in [4.78, 5) is 3.75. The van der Waals surface area contributed by atoms with E-state index in [2.05, 4.69) is 4.98 Å². The van der Waals surface area contributed by atoms with Crippen molar-refractivity contribution in [3.05, 3.63) is 53.1 Å². The third-order valence-electron chi connectivity index (χ3n) is 2.62. The molecule has 98 valence electrons. The molecule has 4 nitrogen and oxygen atoms in total. The van der Waals surface area contributed by atoms with E-state index in [1.807, 2.05) is 6.07 Å². The van der Waals surface area contributed by atoms with Gasteiger partial charge >= 0.3 is 0 Å². The number of fused-ring (bicyclic) bond motifs is 1. The Hall–Kier alpha value is -2.58. The zero-order valence-electron chi connectivity index (χ0n) is 9.93. The van der Waals surface area contributed by atoms with Crippen molar-refractivity contribution in [3.63, 3.8) is 0 Å². The van der Waals surface area contributed by atoms with E-state index in [1.165, 1.54) is 6.20 Å². The highest BCUT2D eigenvalue weighted by atomic mass is 35.5. The molecule has 0 saturated carbocycles. The number of benzene rings is 1. The van der Waals surface area contributed by atoms with Crippen molar-refractivity contribution in [2.24, 2.45) is 0 Å². The van der Waals surface area contributed by atoms with Crippen LogP contribution in [-0.4, -0.2) is 4.98 Å². The number of hydrogen-bond acceptors (Lipinski definition) is 4. The van der Waals surface area contributed by atoms with Crippen molar-refractivity contribution in [2.45, 2.75) is 0 Å². The summed E-state index contributed by atoms with van der Waals surface area (Å²) in [6, 6.07) is 9.87. The molecule has 0 radical (unpaired) electrons. The van der Waals surface area contributed by atoms with Crippen molar-refractivity contribution in [2.75, 3.05) is 0 Å². The van der Waals surface area contributed by atoms with Crippen molar-refractivity contribution >= 4 is 22.6 Å². The van der Waals surface area contributed by atoms with Gasteiger partial charge in [-0.25, -0.2) is 9.37 Å². The molecule has 6 heteroatoms. The van der Waals surface area contributed by atoms with Gasteiger partial charge in [0.05, 0.1) is 10.4 Å². The van der Waals surface area contributed by atoms with Crippen LogP contribution in [0.15, 0.2) is 40.9 Å². The number of nitrogens with zero attached hydrogens (tertiary/aromatic N) is 2. The second kappa shape index (κ2) is 4.83. The fourth-order valence-electron chi connectivity index (χ4n) is 1.77. The number of furan rings is 1. The Bertz CT molecular complexity index is 839. The molecule has 0 atom stereocenters. The smallest absolute Gasteiger partial charge is 0.256 e. The van der Waals surface area contributed by atoms with Gasteiger partial charge in [0.2, 0.25) is 5.76 Å². The van der Waals surface area contributed by atoms with E-state index in [1.54, 1.807) is 24.3 Å². The Morgan fingerprint density at radius 2 is 2.15 bits per heavy atom. The zero-order valence-corrected chi connectivity index (χ0v) is 10.7. The Labute approximate surface area is 118 Å². The number of halogens is 2. The number of para-hydroxylation sites is 1. The van der Waals surface area contributed by atoms with E-state index in [-0.39, 0.29) is 22.4 Å². The molecule has 0 unspecified atom stereocenters. The van der Waals surface area contributed by atoms with Crippen LogP contribution in [0.5, 0.6) is 11.6 Å². The molecule has 3 aromatic rings. The molecule has 1 aromatic carbocycles. The summed E-state index contributed by atoms with van der Waals surface area (Å²) in [5, 5.41) is 9.78. The van der Waals surface area contributed by atoms with Gasteiger partial charge in [0, 0.05) is 6.20 Å². The number of aromatic nitrogens is 1. The van der Waals surface area contributed by atoms with Crippen LogP contribution >= 0.6 is 11.6 Å². The molecular formula is C14H6ClFN2O2. The first-order chi connectivity index (χ1) is 9.69. The van der Waals surface area contributed by atoms with Gasteiger partial charge in [-0.1, -0.05) is 23.7 Å². The van der Waals surface area contributed by atoms with E-state index < -0.39 is 5.82 Å². The fraction of sp³-hybridized carbons (Fsp3) is 0. The summed E-state index contributed by atoms with van der Waals surface area (Å²) in [5.74, 6) is -0.886. The molecule has 0 aliphatic carbocycles. The Balaban J connectivity index is 2.12. The first kappa shape index (κ1) is 12.5. The van der Waals surface area contributed by atoms with Gasteiger partial charge in [0.25, 0.3) is 5.88 Å². The lowest BCUT2D eigenvalue weighted by atomic mass is 10.2. The zero-order chi connectivity index (χ0) is 14.1. The summed E-state index contributed by atoms with van der Waals surface area (Å²) in [5.41, 5.74) is 0.480. The molecule has 0 saturated heterocycles. The maximum Gasteiger partial charge on any atom is 0.256 e. The molecule has 0 bridgehead atoms. The summed E-state index contributed by atoms with van der Waals surface area (Å²) >= 11 is 5.62. The second-order valence-electron chi connectivity index (χ2n) is 3.91. The number of nitriles is 1. The first-order valence-corrected chi connectivity index (χ1v) is 5.97. The van der Waals surface area contributed by atoms with Crippen LogP contribution in [0, 0.1) is 17.1 Å². The molecule has 0 spiro atoms. The third-order valence-corrected chi connectivity index (χ3v) is 2.83. The highest BCUT2D eigenvalue weighted by molar-refractivity contribution is 6.30. The molecular weight excluding hydrogens is 283 g/mol. The Morgan fingerprint density at radius 3 is 2.90 bits per heavy atom. The summed E-state index contributed by atoms with van der Waals surface area (Å²) in [6.45, 7) is 0. The molecule has 3 rings (SSSR count). The van der Waals surface area contributed by atoms with Crippen LogP contribution < -0.4 is 4.74 Å². The van der Waals surface area contributed by atoms with E-state index in [0.717, 1.165) is 6.07 Å². The number of hydrogen-bond donors (Lipinski definition) is 0. The van der Waals surface area contributed by atoms with Gasteiger partial charge in [-0.15, -0.1) is 0 Å². The van der Waals surface area contributed by atoms with E-state index in [4.69, 9.17) is 26.0 Å². The lowest BCUT2D eigenvalue weighted by Gasteiger charge is -2.04. The molecule has 0 amide bonds. The monoisotopic (exact) mass is 288 g/mol. The second-order valence-corrected chi connectivity index (χ2v) is 4.35. The van der Waals surface area contributed by atoms with Crippen LogP contribution in [0.2, 0.25) is 5.02 Å². The van der Waals surface area contributed by atoms with E-state index >= 15 is 0 Å². The number of pyridine rings is 1. The van der Waals surface area contributed by atoms with Crippen LogP contribution in [0.25, 0.3) is 11.0 Å². The highest BCUT2D eigenvalue weighted by Crippen LogP contribution is 2.36. The van der Waals surface area contributed by atoms with Gasteiger partial charge in [0.15, 0.2) is 11.6 Å². The minimum Gasteiger partial charge on any atom is -0.442 e. The average molecular weight is 289 g/mol. The maximum absolute atomic E-state index is 13.7. The molecule has 0 N–H and O–H groups in total. The van der Waals surface area contributed by atoms with Crippen LogP contribution in [0.1, 0.15) is 5.76 Å². The average Bonchev–Trinajstić information content (AvgIpc) is 2.80. The van der Waals surface area contributed by atoms with E-state index in [9.17, 15) is 4.39 Å². The number of rotatable bonds is 2. The first-order valence-electron chi connectivity index (χ1n) is 5.59. The molecule has 2 aromatic heterocycles. The highest BCUT2D eigenvalue weighted by Gasteiger charge is 2.18. The molecule has 0 fully saturated rings. The summed E-state index contributed by atoms with van der Waals surface area (Å²) < 4.78 is 24.4. The third kappa shape index (κ3) is 2.06. The van der Waals surface area contributed by atoms with Crippen molar-refractivity contribution in [1.29, 1.82) is 5.26 Å². The van der Waals surface area contributed by atoms with Gasteiger partial charge in [-0.2, -0.15) is 5.26 Å². The van der Waals surface area contributed by atoms with E-state index in [0.29, 0.717) is 11.0 Å². The lowest BCUT2D eigenvalue weighted by molar-refractivity contribution is 0.416. The maximum atomic E-state index is 13.7. The van der Waals surface area contributed by atoms with Crippen LogP contribution in [-0.2, 0) is 0 Å². The predicted octanol–water partition coefficient (Wildman–Crippen LogP) is 4.28. The van der Waals surface area contributed by atoms with Crippen molar-refractivity contribution < 1.29 is 13.5 Å². The quantitative estimate of drug-likeness (QED) is 0.706. The standard InChI is InChI=1S/C14H6ClFN2O2/c15-8-5-10(16)14(18-7-8)20-13-9-3-1-2-4-11(9)19-12(13)6-17/h1-5,7H. The van der Waals surface area contributed by atoms with Gasteiger partial charge in [0.1, 0.15) is 11.7 Å². The minimum atomic E-state index is -0.716. The van der Waals surface area contributed by atoms with Gasteiger partial charge in [-0.05, 0) is 18.2 Å². The van der Waals surface area contributed by atoms with Crippen LogP contribution in [0.3, 0.4) is 0 Å². The predicted molar refractivity (Wildman–Crippen MR) is 70.2 cm³/mol. The fourth-order valence-corrected chi connectivity index (χ4v) is 1.92. The van der Waals surface area contributed by atoms with Crippen molar-refractivity contribution in [3.8, 4) is 17.7 Å². The van der Waals surface area contributed by atoms with Gasteiger partial charge in [-0.3, -0.25) is 0 Å². The van der Waals surface area contributed by atoms with Crippen LogP contribution in [0.4, 0.5) is 4.39 Å².